The fourth-order valence-corrected chi connectivity index (χ4v) is 4.49. The number of ether oxygens (including phenoxy) is 1. The van der Waals surface area contributed by atoms with Crippen molar-refractivity contribution in [3.05, 3.63) is 71.3 Å². The van der Waals surface area contributed by atoms with Gasteiger partial charge in [-0.15, -0.1) is 0 Å². The molecule has 1 unspecified atom stereocenters. The number of nitrogens with one attached hydrogen (secondary N) is 2. The Balaban J connectivity index is 1.40. The molecular formula is C25H25N3O2. The molecule has 2 N–H and O–H groups in total. The minimum Gasteiger partial charge on any atom is -0.455 e. The van der Waals surface area contributed by atoms with Gasteiger partial charge in [-0.05, 0) is 66.1 Å². The highest BCUT2D eigenvalue weighted by atomic mass is 16.5. The number of hydrogen-bond donors (Lipinski definition) is 2. The summed E-state index contributed by atoms with van der Waals surface area (Å²) in [5, 5.41) is 8.61. The van der Waals surface area contributed by atoms with Crippen LogP contribution in [0, 0.1) is 13.8 Å². The summed E-state index contributed by atoms with van der Waals surface area (Å²) in [6, 6.07) is 16.7. The van der Waals surface area contributed by atoms with Crippen LogP contribution in [0.1, 0.15) is 23.1 Å². The van der Waals surface area contributed by atoms with E-state index >= 15 is 0 Å². The maximum absolute atomic E-state index is 11.0. The van der Waals surface area contributed by atoms with E-state index in [9.17, 15) is 4.79 Å². The summed E-state index contributed by atoms with van der Waals surface area (Å²) < 4.78 is 6.14. The molecule has 2 heterocycles. The summed E-state index contributed by atoms with van der Waals surface area (Å²) >= 11 is 0. The highest BCUT2D eigenvalue weighted by Crippen LogP contribution is 2.37. The van der Waals surface area contributed by atoms with E-state index in [1.54, 1.807) is 0 Å². The molecule has 0 bridgehead atoms. The molecule has 1 amide bonds. The number of benzene rings is 3. The van der Waals surface area contributed by atoms with Gasteiger partial charge in [0.05, 0.1) is 5.69 Å². The summed E-state index contributed by atoms with van der Waals surface area (Å²) in [6.07, 6.45) is 3.86. The Hall–Kier alpha value is -3.31. The lowest BCUT2D eigenvalue weighted by atomic mass is 9.92. The minimum absolute atomic E-state index is 0.127. The first-order valence-electron chi connectivity index (χ1n) is 10.3. The first-order valence-corrected chi connectivity index (χ1v) is 10.3. The molecule has 0 spiro atoms. The largest absolute Gasteiger partial charge is 0.455 e. The second kappa shape index (κ2) is 7.50. The predicted octanol–water partition coefficient (Wildman–Crippen LogP) is 4.90. The summed E-state index contributed by atoms with van der Waals surface area (Å²) in [5.74, 6) is 0.925. The van der Waals surface area contributed by atoms with Crippen molar-refractivity contribution >= 4 is 34.1 Å². The number of fused-ring (bicyclic) bond motifs is 2. The Labute approximate surface area is 176 Å². The molecule has 5 heteroatoms. The lowest BCUT2D eigenvalue weighted by molar-refractivity contribution is -0.105. The van der Waals surface area contributed by atoms with E-state index in [1.807, 2.05) is 6.07 Å². The molecule has 0 fully saturated rings. The van der Waals surface area contributed by atoms with E-state index in [0.717, 1.165) is 54.0 Å². The van der Waals surface area contributed by atoms with Crippen molar-refractivity contribution < 1.29 is 9.53 Å². The second-order valence-corrected chi connectivity index (χ2v) is 8.01. The maximum atomic E-state index is 11.0. The molecule has 0 saturated heterocycles. The molecule has 0 saturated carbocycles. The Morgan fingerprint density at radius 2 is 2.07 bits per heavy atom. The average Bonchev–Trinajstić information content (AvgIpc) is 3.17. The molecule has 2 aliphatic rings. The SMILES string of the molecule is Cc1ccc2c(c1)OC(N1CC=C(c3ccc(NC=O)c4c(C)cccc34)CC1)N2. The van der Waals surface area contributed by atoms with Gasteiger partial charge in [-0.1, -0.05) is 36.4 Å². The smallest absolute Gasteiger partial charge is 0.230 e. The fourth-order valence-electron chi connectivity index (χ4n) is 4.49. The normalized spacial score (nSPS) is 18.3. The summed E-state index contributed by atoms with van der Waals surface area (Å²) in [5.41, 5.74) is 6.85. The molecule has 3 aromatic rings. The van der Waals surface area contributed by atoms with Crippen LogP contribution in [0.25, 0.3) is 16.3 Å². The number of carbonyl (C=O) groups is 1. The third-order valence-electron chi connectivity index (χ3n) is 6.04. The summed E-state index contributed by atoms with van der Waals surface area (Å²) in [7, 11) is 0. The molecule has 0 aliphatic carbocycles. The van der Waals surface area contributed by atoms with Crippen molar-refractivity contribution in [3.63, 3.8) is 0 Å². The van der Waals surface area contributed by atoms with E-state index in [2.05, 4.69) is 77.9 Å². The third kappa shape index (κ3) is 3.21. The van der Waals surface area contributed by atoms with E-state index in [1.165, 1.54) is 22.1 Å². The van der Waals surface area contributed by atoms with Gasteiger partial charge in [0.15, 0.2) is 0 Å². The molecule has 0 aromatic heterocycles. The molecule has 0 radical (unpaired) electrons. The van der Waals surface area contributed by atoms with Crippen molar-refractivity contribution in [3.8, 4) is 5.75 Å². The van der Waals surface area contributed by atoms with Gasteiger partial charge in [0.1, 0.15) is 5.75 Å². The van der Waals surface area contributed by atoms with Crippen LogP contribution in [0.4, 0.5) is 11.4 Å². The highest BCUT2D eigenvalue weighted by molar-refractivity contribution is 6.05. The van der Waals surface area contributed by atoms with E-state index in [-0.39, 0.29) is 6.35 Å². The first kappa shape index (κ1) is 18.7. The van der Waals surface area contributed by atoms with Crippen LogP contribution in [0.5, 0.6) is 5.75 Å². The van der Waals surface area contributed by atoms with Gasteiger partial charge in [0.25, 0.3) is 0 Å². The zero-order chi connectivity index (χ0) is 20.7. The van der Waals surface area contributed by atoms with Crippen molar-refractivity contribution in [1.29, 1.82) is 0 Å². The van der Waals surface area contributed by atoms with Crippen LogP contribution in [0.2, 0.25) is 0 Å². The number of carbonyl (C=O) groups excluding carboxylic acids is 1. The van der Waals surface area contributed by atoms with Gasteiger partial charge in [-0.25, -0.2) is 4.90 Å². The molecule has 152 valence electrons. The molecule has 5 rings (SSSR count). The van der Waals surface area contributed by atoms with E-state index in [0.29, 0.717) is 0 Å². The van der Waals surface area contributed by atoms with Crippen LogP contribution in [-0.4, -0.2) is 30.8 Å². The summed E-state index contributed by atoms with van der Waals surface area (Å²) in [4.78, 5) is 13.3. The number of amides is 1. The molecule has 5 nitrogen and oxygen atoms in total. The number of rotatable bonds is 4. The number of anilines is 2. The van der Waals surface area contributed by atoms with Crippen molar-refractivity contribution in [2.45, 2.75) is 26.6 Å². The number of nitrogens with zero attached hydrogens (tertiary/aromatic N) is 1. The Morgan fingerprint density at radius 3 is 2.87 bits per heavy atom. The Kier molecular flexibility index (Phi) is 4.68. The van der Waals surface area contributed by atoms with E-state index < -0.39 is 0 Å². The van der Waals surface area contributed by atoms with Crippen molar-refractivity contribution in [2.24, 2.45) is 0 Å². The number of hydrogen-bond acceptors (Lipinski definition) is 4. The average molecular weight is 399 g/mol. The number of aryl methyl sites for hydroxylation is 2. The topological polar surface area (TPSA) is 53.6 Å². The van der Waals surface area contributed by atoms with Crippen LogP contribution >= 0.6 is 0 Å². The predicted molar refractivity (Wildman–Crippen MR) is 122 cm³/mol. The highest BCUT2D eigenvalue weighted by Gasteiger charge is 2.29. The quantitative estimate of drug-likeness (QED) is 0.613. The Morgan fingerprint density at radius 1 is 1.17 bits per heavy atom. The van der Waals surface area contributed by atoms with Gasteiger partial charge in [-0.3, -0.25) is 4.79 Å². The lowest BCUT2D eigenvalue weighted by Crippen LogP contribution is -2.44. The fraction of sp³-hybridized carbons (Fsp3) is 0.240. The minimum atomic E-state index is -0.127. The van der Waals surface area contributed by atoms with Gasteiger partial charge in [0, 0.05) is 24.2 Å². The van der Waals surface area contributed by atoms with Crippen LogP contribution in [0.3, 0.4) is 0 Å². The second-order valence-electron chi connectivity index (χ2n) is 8.01. The summed E-state index contributed by atoms with van der Waals surface area (Å²) in [6.45, 7) is 5.90. The van der Waals surface area contributed by atoms with Crippen LogP contribution in [-0.2, 0) is 4.79 Å². The lowest BCUT2D eigenvalue weighted by Gasteiger charge is -2.31. The molecule has 2 aliphatic heterocycles. The standard InChI is InChI=1S/C25H25N3O2/c1-16-6-8-21-23(14-16)30-25(27-21)28-12-10-18(11-13-28)19-7-9-22(26-15-29)24-17(2)4-3-5-20(19)24/h3-10,14-15,25,27H,11-13H2,1-2H3,(H,26,29). The zero-order valence-corrected chi connectivity index (χ0v) is 17.2. The zero-order valence-electron chi connectivity index (χ0n) is 17.2. The van der Waals surface area contributed by atoms with Gasteiger partial charge >= 0.3 is 0 Å². The van der Waals surface area contributed by atoms with Crippen LogP contribution < -0.4 is 15.4 Å². The molecule has 3 aromatic carbocycles. The molecule has 30 heavy (non-hydrogen) atoms. The Bertz CT molecular complexity index is 1170. The maximum Gasteiger partial charge on any atom is 0.230 e. The van der Waals surface area contributed by atoms with Gasteiger partial charge in [-0.2, -0.15) is 0 Å². The van der Waals surface area contributed by atoms with Crippen LogP contribution in [0.15, 0.2) is 54.6 Å². The van der Waals surface area contributed by atoms with E-state index in [4.69, 9.17) is 4.74 Å². The first-order chi connectivity index (χ1) is 14.6. The van der Waals surface area contributed by atoms with Crippen molar-refractivity contribution in [1.82, 2.24) is 4.90 Å². The van der Waals surface area contributed by atoms with Gasteiger partial charge < -0.3 is 15.4 Å². The third-order valence-corrected chi connectivity index (χ3v) is 6.04. The molecule has 1 atom stereocenters. The van der Waals surface area contributed by atoms with Gasteiger partial charge in [0.2, 0.25) is 12.8 Å². The molecular weight excluding hydrogens is 374 g/mol. The monoisotopic (exact) mass is 399 g/mol. The van der Waals surface area contributed by atoms with Crippen molar-refractivity contribution in [2.75, 3.05) is 23.7 Å².